The molecular weight excluding hydrogens is 432 g/mol. The molecule has 5 rings (SSSR count). The van der Waals surface area contributed by atoms with Crippen LogP contribution < -0.4 is 10.6 Å². The van der Waals surface area contributed by atoms with Crippen molar-refractivity contribution in [2.45, 2.75) is 44.7 Å². The van der Waals surface area contributed by atoms with Crippen molar-refractivity contribution in [3.8, 4) is 0 Å². The zero-order chi connectivity index (χ0) is 23.8. The van der Waals surface area contributed by atoms with E-state index in [1.807, 2.05) is 12.1 Å². The number of rotatable bonds is 6. The molecule has 4 heterocycles. The van der Waals surface area contributed by atoms with Crippen molar-refractivity contribution in [3.63, 3.8) is 0 Å². The Morgan fingerprint density at radius 2 is 1.91 bits per heavy atom. The van der Waals surface area contributed by atoms with Gasteiger partial charge < -0.3 is 20.8 Å². The number of carbonyl (C=O) groups is 1. The van der Waals surface area contributed by atoms with Crippen molar-refractivity contribution in [2.24, 2.45) is 0 Å². The number of para-hydroxylation sites is 1. The minimum absolute atomic E-state index is 0.400. The number of aromatic nitrogens is 3. The molecule has 0 spiro atoms. The highest BCUT2D eigenvalue weighted by molar-refractivity contribution is 5.90. The zero-order valence-electron chi connectivity index (χ0n) is 19.3. The standard InChI is InChI=1S/C14H21N3.C11H11N3O3/c1-2-9-17(10-3-1)11-13-7-6-12-5-4-8-15-14(12)16-13;15-5-9(11(16)17)14-10-7-3-1-2-4-8(7)12-6-13-10/h6-7H,1-5,8-11H2,(H,15,16);1-4,6,9,15H,5H2,(H,16,17)(H,12,13,14). The van der Waals surface area contributed by atoms with Gasteiger partial charge in [0.25, 0.3) is 0 Å². The summed E-state index contributed by atoms with van der Waals surface area (Å²) in [6.07, 6.45) is 7.86. The molecule has 1 saturated heterocycles. The summed E-state index contributed by atoms with van der Waals surface area (Å²) in [4.78, 5) is 26.1. The SMILES string of the molecule is O=C(O)C(CO)Nc1ncnc2ccccc12.c1cc2c(nc1CN1CCCCC1)NCCC2. The van der Waals surface area contributed by atoms with Crippen LogP contribution >= 0.6 is 0 Å². The van der Waals surface area contributed by atoms with E-state index in [2.05, 4.69) is 37.6 Å². The molecule has 0 bridgehead atoms. The molecule has 2 aliphatic heterocycles. The van der Waals surface area contributed by atoms with Gasteiger partial charge in [0.2, 0.25) is 0 Å². The number of benzene rings is 1. The molecule has 0 aliphatic carbocycles. The largest absolute Gasteiger partial charge is 0.480 e. The van der Waals surface area contributed by atoms with Crippen LogP contribution in [0.25, 0.3) is 10.9 Å². The second-order valence-electron chi connectivity index (χ2n) is 8.63. The number of pyridine rings is 1. The maximum atomic E-state index is 10.8. The molecule has 9 nitrogen and oxygen atoms in total. The first-order valence-electron chi connectivity index (χ1n) is 11.9. The molecule has 180 valence electrons. The summed E-state index contributed by atoms with van der Waals surface area (Å²) in [5.41, 5.74) is 3.32. The number of carboxylic acid groups (broad SMARTS) is 1. The molecule has 9 heteroatoms. The topological polar surface area (TPSA) is 124 Å². The van der Waals surface area contributed by atoms with Crippen LogP contribution in [0.1, 0.15) is 36.9 Å². The molecule has 1 unspecified atom stereocenters. The summed E-state index contributed by atoms with van der Waals surface area (Å²) in [6.45, 7) is 4.08. The fourth-order valence-electron chi connectivity index (χ4n) is 4.27. The van der Waals surface area contributed by atoms with Gasteiger partial charge in [0.05, 0.1) is 17.8 Å². The summed E-state index contributed by atoms with van der Waals surface area (Å²) in [5.74, 6) is 0.401. The number of nitrogens with one attached hydrogen (secondary N) is 2. The Kier molecular flexibility index (Phi) is 8.21. The number of carboxylic acids is 1. The summed E-state index contributed by atoms with van der Waals surface area (Å²) in [6, 6.07) is 10.6. The number of hydrogen-bond donors (Lipinski definition) is 4. The van der Waals surface area contributed by atoms with Gasteiger partial charge in [0.1, 0.15) is 24.0 Å². The summed E-state index contributed by atoms with van der Waals surface area (Å²) >= 11 is 0. The van der Waals surface area contributed by atoms with Crippen LogP contribution in [0.2, 0.25) is 0 Å². The highest BCUT2D eigenvalue weighted by Crippen LogP contribution is 2.21. The van der Waals surface area contributed by atoms with E-state index >= 15 is 0 Å². The Morgan fingerprint density at radius 1 is 1.09 bits per heavy atom. The van der Waals surface area contributed by atoms with E-state index in [1.54, 1.807) is 12.1 Å². The second kappa shape index (κ2) is 11.7. The van der Waals surface area contributed by atoms with Crippen molar-refractivity contribution in [1.82, 2.24) is 19.9 Å². The van der Waals surface area contributed by atoms with Crippen LogP contribution in [0.3, 0.4) is 0 Å². The Balaban J connectivity index is 0.000000161. The molecule has 3 aromatic rings. The predicted octanol–water partition coefficient (Wildman–Crippen LogP) is 2.91. The second-order valence-corrected chi connectivity index (χ2v) is 8.63. The van der Waals surface area contributed by atoms with Crippen LogP contribution in [0.4, 0.5) is 11.6 Å². The van der Waals surface area contributed by atoms with Gasteiger partial charge in [-0.05, 0) is 62.5 Å². The van der Waals surface area contributed by atoms with Gasteiger partial charge in [-0.15, -0.1) is 0 Å². The third-order valence-electron chi connectivity index (χ3n) is 6.12. The first-order chi connectivity index (χ1) is 16.6. The molecule has 0 saturated carbocycles. The van der Waals surface area contributed by atoms with Crippen molar-refractivity contribution in [2.75, 3.05) is 36.9 Å². The van der Waals surface area contributed by atoms with E-state index in [0.29, 0.717) is 11.3 Å². The van der Waals surface area contributed by atoms with Gasteiger partial charge in [-0.1, -0.05) is 24.6 Å². The van der Waals surface area contributed by atoms with Crippen molar-refractivity contribution in [3.05, 3.63) is 54.0 Å². The molecule has 1 fully saturated rings. The number of hydrogen-bond acceptors (Lipinski definition) is 8. The van der Waals surface area contributed by atoms with E-state index in [4.69, 9.17) is 15.2 Å². The quantitative estimate of drug-likeness (QED) is 0.436. The van der Waals surface area contributed by atoms with Crippen LogP contribution in [-0.2, 0) is 17.8 Å². The van der Waals surface area contributed by atoms with E-state index in [0.717, 1.165) is 24.3 Å². The number of fused-ring (bicyclic) bond motifs is 2. The van der Waals surface area contributed by atoms with Gasteiger partial charge >= 0.3 is 5.97 Å². The molecule has 1 aromatic carbocycles. The van der Waals surface area contributed by atoms with Crippen LogP contribution in [0.5, 0.6) is 0 Å². The lowest BCUT2D eigenvalue weighted by Gasteiger charge is -2.26. The van der Waals surface area contributed by atoms with Crippen LogP contribution in [0, 0.1) is 0 Å². The Labute approximate surface area is 199 Å². The predicted molar refractivity (Wildman–Crippen MR) is 132 cm³/mol. The lowest BCUT2D eigenvalue weighted by Crippen LogP contribution is -2.33. The normalized spacial score (nSPS) is 16.5. The maximum absolute atomic E-state index is 10.8. The number of aliphatic hydroxyl groups excluding tert-OH is 1. The number of piperidine rings is 1. The number of aliphatic carboxylic acids is 1. The number of aliphatic hydroxyl groups is 1. The maximum Gasteiger partial charge on any atom is 0.328 e. The summed E-state index contributed by atoms with van der Waals surface area (Å²) in [7, 11) is 0. The molecule has 2 aromatic heterocycles. The van der Waals surface area contributed by atoms with Gasteiger partial charge in [-0.25, -0.2) is 19.7 Å². The number of likely N-dealkylation sites (tertiary alicyclic amines) is 1. The summed E-state index contributed by atoms with van der Waals surface area (Å²) in [5, 5.41) is 24.6. The molecule has 4 N–H and O–H groups in total. The molecular formula is C25H32N6O3. The van der Waals surface area contributed by atoms with Crippen LogP contribution in [-0.4, -0.2) is 68.3 Å². The number of anilines is 2. The van der Waals surface area contributed by atoms with E-state index < -0.39 is 18.6 Å². The monoisotopic (exact) mass is 464 g/mol. The molecule has 1 atom stereocenters. The number of nitrogens with zero attached hydrogens (tertiary/aromatic N) is 4. The average Bonchev–Trinajstić information content (AvgIpc) is 2.88. The van der Waals surface area contributed by atoms with Crippen LogP contribution in [0.15, 0.2) is 42.7 Å². The van der Waals surface area contributed by atoms with E-state index in [1.165, 1.54) is 62.8 Å². The molecule has 0 amide bonds. The van der Waals surface area contributed by atoms with Crippen molar-refractivity contribution < 1.29 is 15.0 Å². The Bertz CT molecular complexity index is 1100. The molecule has 2 aliphatic rings. The first kappa shape index (κ1) is 23.8. The smallest absolute Gasteiger partial charge is 0.328 e. The fourth-order valence-corrected chi connectivity index (χ4v) is 4.27. The lowest BCUT2D eigenvalue weighted by atomic mass is 10.1. The third-order valence-corrected chi connectivity index (χ3v) is 6.12. The fraction of sp³-hybridized carbons (Fsp3) is 0.440. The third kappa shape index (κ3) is 6.18. The van der Waals surface area contributed by atoms with Gasteiger partial charge in [0, 0.05) is 18.5 Å². The van der Waals surface area contributed by atoms with E-state index in [-0.39, 0.29) is 0 Å². The minimum Gasteiger partial charge on any atom is -0.480 e. The first-order valence-corrected chi connectivity index (χ1v) is 11.9. The Morgan fingerprint density at radius 3 is 2.71 bits per heavy atom. The zero-order valence-corrected chi connectivity index (χ0v) is 19.3. The highest BCUT2D eigenvalue weighted by atomic mass is 16.4. The van der Waals surface area contributed by atoms with Crippen molar-refractivity contribution in [1.29, 1.82) is 0 Å². The minimum atomic E-state index is -1.13. The average molecular weight is 465 g/mol. The van der Waals surface area contributed by atoms with Gasteiger partial charge in [-0.2, -0.15) is 0 Å². The number of aryl methyl sites for hydroxylation is 1. The molecule has 34 heavy (non-hydrogen) atoms. The summed E-state index contributed by atoms with van der Waals surface area (Å²) < 4.78 is 0. The van der Waals surface area contributed by atoms with Gasteiger partial charge in [0.15, 0.2) is 0 Å². The lowest BCUT2D eigenvalue weighted by molar-refractivity contribution is -0.138. The van der Waals surface area contributed by atoms with E-state index in [9.17, 15) is 4.79 Å². The van der Waals surface area contributed by atoms with Gasteiger partial charge in [-0.3, -0.25) is 4.90 Å². The Hall–Kier alpha value is -3.30. The molecule has 0 radical (unpaired) electrons. The highest BCUT2D eigenvalue weighted by Gasteiger charge is 2.17. The van der Waals surface area contributed by atoms with Crippen molar-refractivity contribution >= 4 is 28.5 Å².